The maximum absolute atomic E-state index is 11.7. The van der Waals surface area contributed by atoms with E-state index >= 15 is 0 Å². The number of rotatable bonds is 5. The third-order valence-corrected chi connectivity index (χ3v) is 3.20. The number of hydrogen-bond acceptors (Lipinski definition) is 4. The molecule has 0 radical (unpaired) electrons. The molecule has 0 fully saturated rings. The number of methoxy groups -OCH3 is 1. The Kier molecular flexibility index (Phi) is 4.27. The van der Waals surface area contributed by atoms with E-state index in [4.69, 9.17) is 9.15 Å². The van der Waals surface area contributed by atoms with E-state index in [1.165, 1.54) is 17.4 Å². The zero-order valence-electron chi connectivity index (χ0n) is 12.3. The Bertz CT molecular complexity index is 611. The molecule has 108 valence electrons. The highest BCUT2D eigenvalue weighted by Gasteiger charge is 2.16. The SMILES string of the molecule is COc1nn([C@H](C)c2ccc(CC(C)C)cc2)c(=O)o1. The second-order valence-corrected chi connectivity index (χ2v) is 5.30. The first kappa shape index (κ1) is 14.4. The van der Waals surface area contributed by atoms with Crippen molar-refractivity contribution in [3.63, 3.8) is 0 Å². The predicted molar refractivity (Wildman–Crippen MR) is 76.1 cm³/mol. The van der Waals surface area contributed by atoms with E-state index in [-0.39, 0.29) is 12.1 Å². The Morgan fingerprint density at radius 2 is 1.90 bits per heavy atom. The highest BCUT2D eigenvalue weighted by molar-refractivity contribution is 5.25. The molecular weight excluding hydrogens is 256 g/mol. The lowest BCUT2D eigenvalue weighted by atomic mass is 10.00. The third-order valence-electron chi connectivity index (χ3n) is 3.20. The number of ether oxygens (including phenoxy) is 1. The van der Waals surface area contributed by atoms with Crippen molar-refractivity contribution >= 4 is 0 Å². The molecule has 1 heterocycles. The molecule has 1 aromatic heterocycles. The fourth-order valence-corrected chi connectivity index (χ4v) is 2.14. The molecule has 0 N–H and O–H groups in total. The summed E-state index contributed by atoms with van der Waals surface area (Å²) in [5, 5.41) is 3.99. The normalized spacial score (nSPS) is 12.7. The fraction of sp³-hybridized carbons (Fsp3) is 0.467. The zero-order chi connectivity index (χ0) is 14.7. The van der Waals surface area contributed by atoms with Gasteiger partial charge in [-0.2, -0.15) is 4.68 Å². The van der Waals surface area contributed by atoms with Crippen LogP contribution in [0.25, 0.3) is 0 Å². The first-order valence-corrected chi connectivity index (χ1v) is 6.73. The van der Waals surface area contributed by atoms with Crippen LogP contribution in [0.15, 0.2) is 33.5 Å². The van der Waals surface area contributed by atoms with E-state index in [0.717, 1.165) is 12.0 Å². The molecule has 2 rings (SSSR count). The lowest BCUT2D eigenvalue weighted by Crippen LogP contribution is -2.20. The Balaban J connectivity index is 2.22. The minimum Gasteiger partial charge on any atom is -0.452 e. The van der Waals surface area contributed by atoms with Crippen molar-refractivity contribution in [1.82, 2.24) is 9.78 Å². The summed E-state index contributed by atoms with van der Waals surface area (Å²) < 4.78 is 11.0. The van der Waals surface area contributed by atoms with E-state index in [2.05, 4.69) is 31.1 Å². The number of nitrogens with zero attached hydrogens (tertiary/aromatic N) is 2. The summed E-state index contributed by atoms with van der Waals surface area (Å²) in [4.78, 5) is 11.7. The molecule has 20 heavy (non-hydrogen) atoms. The molecule has 0 aliphatic heterocycles. The first-order chi connectivity index (χ1) is 9.51. The highest BCUT2D eigenvalue weighted by Crippen LogP contribution is 2.18. The van der Waals surface area contributed by atoms with Gasteiger partial charge in [-0.05, 0) is 30.4 Å². The second-order valence-electron chi connectivity index (χ2n) is 5.30. The van der Waals surface area contributed by atoms with Crippen molar-refractivity contribution < 1.29 is 9.15 Å². The summed E-state index contributed by atoms with van der Waals surface area (Å²) in [5.41, 5.74) is 2.30. The van der Waals surface area contributed by atoms with Crippen molar-refractivity contribution in [2.45, 2.75) is 33.2 Å². The van der Waals surface area contributed by atoms with Crippen LogP contribution in [0.3, 0.4) is 0 Å². The maximum atomic E-state index is 11.7. The molecule has 2 aromatic rings. The van der Waals surface area contributed by atoms with E-state index in [0.29, 0.717) is 5.92 Å². The van der Waals surface area contributed by atoms with Crippen LogP contribution >= 0.6 is 0 Å². The molecule has 5 heteroatoms. The number of benzene rings is 1. The van der Waals surface area contributed by atoms with Gasteiger partial charge in [0.15, 0.2) is 0 Å². The Morgan fingerprint density at radius 1 is 1.25 bits per heavy atom. The summed E-state index contributed by atoms with van der Waals surface area (Å²) in [6, 6.07) is 8.04. The average Bonchev–Trinajstić information content (AvgIpc) is 2.79. The molecule has 0 bridgehead atoms. The average molecular weight is 276 g/mol. The lowest BCUT2D eigenvalue weighted by molar-refractivity contribution is 0.282. The highest BCUT2D eigenvalue weighted by atomic mass is 16.6. The minimum atomic E-state index is -0.513. The molecule has 1 aromatic carbocycles. The Morgan fingerprint density at radius 3 is 2.40 bits per heavy atom. The van der Waals surface area contributed by atoms with Gasteiger partial charge in [0.25, 0.3) is 0 Å². The van der Waals surface area contributed by atoms with Crippen molar-refractivity contribution in [3.05, 3.63) is 45.9 Å². The first-order valence-electron chi connectivity index (χ1n) is 6.73. The van der Waals surface area contributed by atoms with Crippen LogP contribution in [0.2, 0.25) is 0 Å². The third kappa shape index (κ3) is 3.10. The van der Waals surface area contributed by atoms with E-state index < -0.39 is 5.76 Å². The predicted octanol–water partition coefficient (Wildman–Crippen LogP) is 2.65. The molecule has 1 atom stereocenters. The van der Waals surface area contributed by atoms with Crippen LogP contribution in [0.1, 0.15) is 37.9 Å². The van der Waals surface area contributed by atoms with Crippen LogP contribution in [-0.4, -0.2) is 16.9 Å². The van der Waals surface area contributed by atoms with Gasteiger partial charge in [-0.15, -0.1) is 0 Å². The molecule has 0 amide bonds. The standard InChI is InChI=1S/C15H20N2O3/c1-10(2)9-12-5-7-13(8-6-12)11(3)17-15(18)20-14(16-17)19-4/h5-8,10-11H,9H2,1-4H3/t11-/m1/s1. The van der Waals surface area contributed by atoms with Gasteiger partial charge in [-0.1, -0.05) is 43.2 Å². The van der Waals surface area contributed by atoms with Gasteiger partial charge in [0.05, 0.1) is 13.2 Å². The van der Waals surface area contributed by atoms with Crippen LogP contribution in [0.4, 0.5) is 0 Å². The Labute approximate surface area is 118 Å². The Hall–Kier alpha value is -2.04. The van der Waals surface area contributed by atoms with E-state index in [1.54, 1.807) is 0 Å². The van der Waals surface area contributed by atoms with Crippen LogP contribution in [0.5, 0.6) is 6.08 Å². The smallest absolute Gasteiger partial charge is 0.440 e. The van der Waals surface area contributed by atoms with Gasteiger partial charge in [0.1, 0.15) is 0 Å². The topological polar surface area (TPSA) is 57.3 Å². The van der Waals surface area contributed by atoms with Crippen molar-refractivity contribution in [2.24, 2.45) is 5.92 Å². The second kappa shape index (κ2) is 5.94. The fourth-order valence-electron chi connectivity index (χ4n) is 2.14. The number of aromatic nitrogens is 2. The van der Waals surface area contributed by atoms with Crippen molar-refractivity contribution in [3.8, 4) is 6.08 Å². The van der Waals surface area contributed by atoms with Gasteiger partial charge in [-0.3, -0.25) is 0 Å². The largest absolute Gasteiger partial charge is 0.452 e. The molecule has 5 nitrogen and oxygen atoms in total. The van der Waals surface area contributed by atoms with Crippen molar-refractivity contribution in [2.75, 3.05) is 7.11 Å². The monoisotopic (exact) mass is 276 g/mol. The van der Waals surface area contributed by atoms with Gasteiger partial charge in [0, 0.05) is 0 Å². The van der Waals surface area contributed by atoms with Gasteiger partial charge >= 0.3 is 11.8 Å². The molecule has 0 saturated carbocycles. The molecule has 0 spiro atoms. The zero-order valence-corrected chi connectivity index (χ0v) is 12.3. The lowest BCUT2D eigenvalue weighted by Gasteiger charge is -2.11. The molecular formula is C15H20N2O3. The summed E-state index contributed by atoms with van der Waals surface area (Å²) in [5.74, 6) is 0.112. The van der Waals surface area contributed by atoms with E-state index in [9.17, 15) is 4.79 Å². The maximum Gasteiger partial charge on any atom is 0.440 e. The quantitative estimate of drug-likeness (QED) is 0.842. The van der Waals surface area contributed by atoms with Gasteiger partial charge in [0.2, 0.25) is 0 Å². The molecule has 0 saturated heterocycles. The molecule has 0 unspecified atom stereocenters. The number of hydrogen-bond donors (Lipinski definition) is 0. The molecule has 0 aliphatic rings. The molecule has 0 aliphatic carbocycles. The van der Waals surface area contributed by atoms with E-state index in [1.807, 2.05) is 19.1 Å². The summed E-state index contributed by atoms with van der Waals surface area (Å²) >= 11 is 0. The summed E-state index contributed by atoms with van der Waals surface area (Å²) in [7, 11) is 1.42. The van der Waals surface area contributed by atoms with Crippen molar-refractivity contribution in [1.29, 1.82) is 0 Å². The minimum absolute atomic E-state index is 0.0155. The van der Waals surface area contributed by atoms with Crippen LogP contribution < -0.4 is 10.5 Å². The summed E-state index contributed by atoms with van der Waals surface area (Å²) in [6.45, 7) is 6.29. The van der Waals surface area contributed by atoms with Gasteiger partial charge in [-0.25, -0.2) is 4.79 Å². The van der Waals surface area contributed by atoms with Gasteiger partial charge < -0.3 is 9.15 Å². The van der Waals surface area contributed by atoms with Crippen LogP contribution in [0, 0.1) is 5.92 Å². The van der Waals surface area contributed by atoms with Crippen LogP contribution in [-0.2, 0) is 6.42 Å². The summed E-state index contributed by atoms with van der Waals surface area (Å²) in [6.07, 6.45) is 1.03.